The minimum Gasteiger partial charge on any atom is -0.313 e. The molecule has 24 heavy (non-hydrogen) atoms. The molecule has 1 atom stereocenters. The Hall–Kier alpha value is -2.09. The Balaban J connectivity index is 1.75. The van der Waals surface area contributed by atoms with E-state index in [1.165, 1.54) is 22.3 Å². The van der Waals surface area contributed by atoms with Gasteiger partial charge < -0.3 is 5.32 Å². The van der Waals surface area contributed by atoms with Crippen LogP contribution in [0.25, 0.3) is 6.08 Å². The van der Waals surface area contributed by atoms with E-state index < -0.39 is 0 Å². The van der Waals surface area contributed by atoms with E-state index >= 15 is 0 Å². The van der Waals surface area contributed by atoms with Crippen LogP contribution in [0, 0.1) is 17.2 Å². The molecule has 0 aliphatic heterocycles. The first kappa shape index (κ1) is 16.8. The number of hydrogen-bond donors (Lipinski definition) is 1. The van der Waals surface area contributed by atoms with Crippen LogP contribution in [0.15, 0.2) is 30.3 Å². The van der Waals surface area contributed by atoms with E-state index in [0.29, 0.717) is 21.5 Å². The number of fused-ring (bicyclic) bond motifs is 1. The highest BCUT2D eigenvalue weighted by molar-refractivity contribution is 7.16. The number of rotatable bonds is 3. The summed E-state index contributed by atoms with van der Waals surface area (Å²) < 4.78 is 0. The molecule has 1 aliphatic carbocycles. The van der Waals surface area contributed by atoms with Crippen molar-refractivity contribution in [3.05, 3.63) is 56.9 Å². The zero-order valence-electron chi connectivity index (χ0n) is 13.3. The van der Waals surface area contributed by atoms with Crippen molar-refractivity contribution in [2.75, 3.05) is 5.32 Å². The van der Waals surface area contributed by atoms with E-state index in [4.69, 9.17) is 11.6 Å². The number of halogens is 1. The summed E-state index contributed by atoms with van der Waals surface area (Å²) in [7, 11) is 0. The maximum atomic E-state index is 12.2. The van der Waals surface area contributed by atoms with Gasteiger partial charge in [0.2, 0.25) is 5.91 Å². The molecule has 1 heterocycles. The number of nitrogens with one attached hydrogen (secondary N) is 1. The standard InChI is InChI=1S/C19H17ClN2OS/c1-12-2-8-15-16(11-21)19(24-17(15)10-12)22-18(23)9-5-13-3-6-14(20)7-4-13/h3-7,9,12H,2,8,10H2,1H3,(H,22,23)/b9-5+/t12-/m1/s1. The molecule has 1 N–H and O–H groups in total. The Morgan fingerprint density at radius 3 is 2.88 bits per heavy atom. The minimum atomic E-state index is -0.229. The molecule has 3 nitrogen and oxygen atoms in total. The molecule has 0 spiro atoms. The molecule has 3 rings (SSSR count). The van der Waals surface area contributed by atoms with Crippen molar-refractivity contribution in [3.63, 3.8) is 0 Å². The smallest absolute Gasteiger partial charge is 0.249 e. The van der Waals surface area contributed by atoms with Gasteiger partial charge in [-0.15, -0.1) is 11.3 Å². The van der Waals surface area contributed by atoms with Crippen molar-refractivity contribution >= 4 is 39.9 Å². The zero-order valence-corrected chi connectivity index (χ0v) is 14.9. The third-order valence-corrected chi connectivity index (χ3v) is 5.58. The molecule has 0 saturated carbocycles. The van der Waals surface area contributed by atoms with Crippen LogP contribution in [-0.4, -0.2) is 5.91 Å². The molecule has 0 saturated heterocycles. The van der Waals surface area contributed by atoms with Crippen LogP contribution in [0.2, 0.25) is 5.02 Å². The van der Waals surface area contributed by atoms with E-state index in [2.05, 4.69) is 18.3 Å². The molecule has 0 fully saturated rings. The lowest BCUT2D eigenvalue weighted by Gasteiger charge is -2.17. The summed E-state index contributed by atoms with van der Waals surface area (Å²) in [6.45, 7) is 2.22. The van der Waals surface area contributed by atoms with Gasteiger partial charge in [0.1, 0.15) is 11.1 Å². The number of hydrogen-bond acceptors (Lipinski definition) is 3. The van der Waals surface area contributed by atoms with E-state index in [1.54, 1.807) is 18.2 Å². The number of benzene rings is 1. The van der Waals surface area contributed by atoms with Crippen LogP contribution in [0.4, 0.5) is 5.00 Å². The van der Waals surface area contributed by atoms with Gasteiger partial charge in [0.15, 0.2) is 0 Å². The number of amides is 1. The van der Waals surface area contributed by atoms with Gasteiger partial charge >= 0.3 is 0 Å². The summed E-state index contributed by atoms with van der Waals surface area (Å²) in [6.07, 6.45) is 6.22. The quantitative estimate of drug-likeness (QED) is 0.782. The van der Waals surface area contributed by atoms with Crippen LogP contribution in [0.5, 0.6) is 0 Å². The number of carbonyl (C=O) groups excluding carboxylic acids is 1. The first-order valence-electron chi connectivity index (χ1n) is 7.86. The fourth-order valence-electron chi connectivity index (χ4n) is 2.86. The van der Waals surface area contributed by atoms with Crippen LogP contribution in [0.3, 0.4) is 0 Å². The summed E-state index contributed by atoms with van der Waals surface area (Å²) in [6, 6.07) is 9.51. The number of thiophene rings is 1. The predicted molar refractivity (Wildman–Crippen MR) is 99.3 cm³/mol. The zero-order chi connectivity index (χ0) is 17.1. The molecule has 1 amide bonds. The summed E-state index contributed by atoms with van der Waals surface area (Å²) in [5.41, 5.74) is 2.65. The number of carbonyl (C=O) groups is 1. The highest BCUT2D eigenvalue weighted by atomic mass is 35.5. The Kier molecular flexibility index (Phi) is 5.03. The van der Waals surface area contributed by atoms with Crippen LogP contribution in [-0.2, 0) is 17.6 Å². The average molecular weight is 357 g/mol. The van der Waals surface area contributed by atoms with Gasteiger partial charge in [-0.25, -0.2) is 0 Å². The predicted octanol–water partition coefficient (Wildman–Crippen LogP) is 5.05. The van der Waals surface area contributed by atoms with E-state index in [-0.39, 0.29) is 5.91 Å². The minimum absolute atomic E-state index is 0.229. The number of anilines is 1. The van der Waals surface area contributed by atoms with E-state index in [0.717, 1.165) is 30.4 Å². The molecule has 0 bridgehead atoms. The van der Waals surface area contributed by atoms with Crippen LogP contribution >= 0.6 is 22.9 Å². The highest BCUT2D eigenvalue weighted by Gasteiger charge is 2.24. The first-order valence-corrected chi connectivity index (χ1v) is 9.05. The Morgan fingerprint density at radius 2 is 2.17 bits per heavy atom. The molecule has 2 aromatic rings. The van der Waals surface area contributed by atoms with Gasteiger partial charge in [0.05, 0.1) is 5.56 Å². The third kappa shape index (κ3) is 3.69. The fraction of sp³-hybridized carbons (Fsp3) is 0.263. The Labute approximate surface area is 150 Å². The van der Waals surface area contributed by atoms with Gasteiger partial charge in [-0.1, -0.05) is 30.7 Å². The first-order chi connectivity index (χ1) is 11.6. The SMILES string of the molecule is C[C@@H]1CCc2c(sc(NC(=O)/C=C/c3ccc(Cl)cc3)c2C#N)C1. The Morgan fingerprint density at radius 1 is 1.42 bits per heavy atom. The second-order valence-electron chi connectivity index (χ2n) is 6.04. The lowest BCUT2D eigenvalue weighted by molar-refractivity contribution is -0.111. The van der Waals surface area contributed by atoms with Crippen molar-refractivity contribution in [2.24, 2.45) is 5.92 Å². The average Bonchev–Trinajstić information content (AvgIpc) is 2.90. The monoisotopic (exact) mass is 356 g/mol. The molecule has 5 heteroatoms. The largest absolute Gasteiger partial charge is 0.313 e. The second kappa shape index (κ2) is 7.21. The summed E-state index contributed by atoms with van der Waals surface area (Å²) in [5, 5.41) is 13.6. The third-order valence-electron chi connectivity index (χ3n) is 4.16. The van der Waals surface area contributed by atoms with Gasteiger partial charge in [-0.2, -0.15) is 5.26 Å². The lowest BCUT2D eigenvalue weighted by atomic mass is 9.89. The van der Waals surface area contributed by atoms with Crippen molar-refractivity contribution in [2.45, 2.75) is 26.2 Å². The van der Waals surface area contributed by atoms with Gasteiger partial charge in [0, 0.05) is 16.0 Å². The lowest BCUT2D eigenvalue weighted by Crippen LogP contribution is -2.10. The summed E-state index contributed by atoms with van der Waals surface area (Å²) in [5.74, 6) is 0.407. The van der Waals surface area contributed by atoms with E-state index in [9.17, 15) is 10.1 Å². The number of nitrogens with zero attached hydrogens (tertiary/aromatic N) is 1. The molecular weight excluding hydrogens is 340 g/mol. The van der Waals surface area contributed by atoms with Gasteiger partial charge in [-0.05, 0) is 54.5 Å². The van der Waals surface area contributed by atoms with Crippen LogP contribution < -0.4 is 5.32 Å². The topological polar surface area (TPSA) is 52.9 Å². The molecular formula is C19H17ClN2OS. The Bertz CT molecular complexity index is 830. The molecule has 0 radical (unpaired) electrons. The highest BCUT2D eigenvalue weighted by Crippen LogP contribution is 2.39. The van der Waals surface area contributed by atoms with Gasteiger partial charge in [-0.3, -0.25) is 4.79 Å². The maximum absolute atomic E-state index is 12.2. The molecule has 122 valence electrons. The van der Waals surface area contributed by atoms with Crippen molar-refractivity contribution in [1.29, 1.82) is 5.26 Å². The summed E-state index contributed by atoms with van der Waals surface area (Å²) >= 11 is 7.38. The maximum Gasteiger partial charge on any atom is 0.249 e. The normalized spacial score (nSPS) is 16.6. The fourth-order valence-corrected chi connectivity index (χ4v) is 4.35. The summed E-state index contributed by atoms with van der Waals surface area (Å²) in [4.78, 5) is 13.4. The molecule has 1 aliphatic rings. The second-order valence-corrected chi connectivity index (χ2v) is 7.58. The van der Waals surface area contributed by atoms with Gasteiger partial charge in [0.25, 0.3) is 0 Å². The van der Waals surface area contributed by atoms with Crippen LogP contribution in [0.1, 0.15) is 34.9 Å². The van der Waals surface area contributed by atoms with E-state index in [1.807, 2.05) is 12.1 Å². The van der Waals surface area contributed by atoms with Crippen molar-refractivity contribution in [3.8, 4) is 6.07 Å². The number of nitriles is 1. The van der Waals surface area contributed by atoms with Crippen molar-refractivity contribution < 1.29 is 4.79 Å². The van der Waals surface area contributed by atoms with Crippen molar-refractivity contribution in [1.82, 2.24) is 0 Å². The molecule has 1 aromatic heterocycles. The molecule has 1 aromatic carbocycles. The molecule has 0 unspecified atom stereocenters.